The van der Waals surface area contributed by atoms with E-state index in [2.05, 4.69) is 10.6 Å². The second-order valence-corrected chi connectivity index (χ2v) is 6.32. The Morgan fingerprint density at radius 2 is 2.11 bits per heavy atom. The molecule has 4 amide bonds. The second kappa shape index (κ2) is 7.86. The quantitative estimate of drug-likeness (QED) is 0.569. The first kappa shape index (κ1) is 19.9. The molecule has 0 saturated carbocycles. The Bertz CT molecular complexity index is 831. The van der Waals surface area contributed by atoms with Gasteiger partial charge in [-0.15, -0.1) is 0 Å². The van der Waals surface area contributed by atoms with Gasteiger partial charge in [0.05, 0.1) is 11.6 Å². The first-order valence-corrected chi connectivity index (χ1v) is 8.34. The molecule has 2 N–H and O–H groups in total. The number of urea groups is 1. The van der Waals surface area contributed by atoms with E-state index in [1.807, 2.05) is 6.07 Å². The molecule has 0 spiro atoms. The summed E-state index contributed by atoms with van der Waals surface area (Å²) in [5.74, 6) is -2.00. The standard InChI is InChI=1S/C18H20N4O5/c1-4-18(3)16(25)22(17(26)21-18)10-14(23)27-11(2)15(24)20-13-7-5-6-12(8-13)9-19/h5-8,11H,4,10H2,1-3H3,(H,20,24)(H,21,26)/t11-,18-/m1/s1. The van der Waals surface area contributed by atoms with Gasteiger partial charge < -0.3 is 15.4 Å². The van der Waals surface area contributed by atoms with Crippen LogP contribution in [-0.2, 0) is 19.1 Å². The zero-order valence-corrected chi connectivity index (χ0v) is 15.2. The number of carbonyl (C=O) groups excluding carboxylic acids is 4. The zero-order chi connectivity index (χ0) is 20.2. The third kappa shape index (κ3) is 4.41. The van der Waals surface area contributed by atoms with Crippen LogP contribution in [0.3, 0.4) is 0 Å². The number of rotatable bonds is 6. The number of hydrogen-bond acceptors (Lipinski definition) is 6. The summed E-state index contributed by atoms with van der Waals surface area (Å²) in [5.41, 5.74) is -0.295. The maximum absolute atomic E-state index is 12.3. The fraction of sp³-hybridized carbons (Fsp3) is 0.389. The lowest BCUT2D eigenvalue weighted by molar-refractivity contribution is -0.155. The number of imide groups is 1. The molecule has 2 atom stereocenters. The molecule has 1 aliphatic rings. The summed E-state index contributed by atoms with van der Waals surface area (Å²) >= 11 is 0. The predicted molar refractivity (Wildman–Crippen MR) is 94.3 cm³/mol. The van der Waals surface area contributed by atoms with Crippen molar-refractivity contribution < 1.29 is 23.9 Å². The Morgan fingerprint density at radius 3 is 2.70 bits per heavy atom. The van der Waals surface area contributed by atoms with Crippen molar-refractivity contribution in [2.24, 2.45) is 0 Å². The average molecular weight is 372 g/mol. The number of amides is 4. The summed E-state index contributed by atoms with van der Waals surface area (Å²) in [6.45, 7) is 4.10. The van der Waals surface area contributed by atoms with Gasteiger partial charge >= 0.3 is 12.0 Å². The van der Waals surface area contributed by atoms with E-state index in [0.29, 0.717) is 17.7 Å². The molecule has 1 saturated heterocycles. The molecule has 142 valence electrons. The van der Waals surface area contributed by atoms with E-state index in [0.717, 1.165) is 4.90 Å². The molecule has 27 heavy (non-hydrogen) atoms. The van der Waals surface area contributed by atoms with Gasteiger partial charge in [-0.1, -0.05) is 13.0 Å². The van der Waals surface area contributed by atoms with Crippen LogP contribution in [0.4, 0.5) is 10.5 Å². The van der Waals surface area contributed by atoms with Crippen molar-refractivity contribution in [1.29, 1.82) is 5.26 Å². The summed E-state index contributed by atoms with van der Waals surface area (Å²) < 4.78 is 5.01. The smallest absolute Gasteiger partial charge is 0.327 e. The van der Waals surface area contributed by atoms with Crippen molar-refractivity contribution in [3.05, 3.63) is 29.8 Å². The second-order valence-electron chi connectivity index (χ2n) is 6.32. The van der Waals surface area contributed by atoms with Gasteiger partial charge in [0, 0.05) is 5.69 Å². The van der Waals surface area contributed by atoms with Gasteiger partial charge in [0.1, 0.15) is 12.1 Å². The molecule has 1 aromatic carbocycles. The van der Waals surface area contributed by atoms with E-state index in [1.165, 1.54) is 13.0 Å². The normalized spacial score (nSPS) is 19.9. The van der Waals surface area contributed by atoms with Crippen molar-refractivity contribution in [3.63, 3.8) is 0 Å². The van der Waals surface area contributed by atoms with Crippen LogP contribution in [0.15, 0.2) is 24.3 Å². The minimum Gasteiger partial charge on any atom is -0.451 e. The number of esters is 1. The Morgan fingerprint density at radius 1 is 1.41 bits per heavy atom. The topological polar surface area (TPSA) is 129 Å². The first-order chi connectivity index (χ1) is 12.7. The van der Waals surface area contributed by atoms with Gasteiger partial charge in [0.15, 0.2) is 6.10 Å². The van der Waals surface area contributed by atoms with Crippen LogP contribution in [0, 0.1) is 11.3 Å². The number of nitrogens with zero attached hydrogens (tertiary/aromatic N) is 2. The fourth-order valence-corrected chi connectivity index (χ4v) is 2.46. The van der Waals surface area contributed by atoms with Crippen molar-refractivity contribution in [2.45, 2.75) is 38.8 Å². The molecule has 9 nitrogen and oxygen atoms in total. The number of benzene rings is 1. The molecule has 1 aliphatic heterocycles. The van der Waals surface area contributed by atoms with Crippen LogP contribution < -0.4 is 10.6 Å². The average Bonchev–Trinajstić information content (AvgIpc) is 2.85. The molecule has 0 unspecified atom stereocenters. The summed E-state index contributed by atoms with van der Waals surface area (Å²) in [6, 6.07) is 7.53. The van der Waals surface area contributed by atoms with Crippen LogP contribution in [0.2, 0.25) is 0 Å². The summed E-state index contributed by atoms with van der Waals surface area (Å²) in [6.07, 6.45) is -0.773. The van der Waals surface area contributed by atoms with E-state index in [1.54, 1.807) is 32.0 Å². The minimum atomic E-state index is -1.15. The SMILES string of the molecule is CC[C@@]1(C)NC(=O)N(CC(=O)O[C@H](C)C(=O)Nc2cccc(C#N)c2)C1=O. The van der Waals surface area contributed by atoms with Crippen LogP contribution in [0.5, 0.6) is 0 Å². The van der Waals surface area contributed by atoms with Crippen molar-refractivity contribution in [1.82, 2.24) is 10.2 Å². The third-order valence-corrected chi connectivity index (χ3v) is 4.28. The number of carbonyl (C=O) groups is 4. The largest absolute Gasteiger partial charge is 0.451 e. The maximum atomic E-state index is 12.3. The highest BCUT2D eigenvalue weighted by Crippen LogP contribution is 2.20. The van der Waals surface area contributed by atoms with Gasteiger partial charge in [0.2, 0.25) is 0 Å². The maximum Gasteiger partial charge on any atom is 0.327 e. The number of nitriles is 1. The molecular weight excluding hydrogens is 352 g/mol. The molecule has 1 heterocycles. The summed E-state index contributed by atoms with van der Waals surface area (Å²) in [7, 11) is 0. The molecule has 0 aliphatic carbocycles. The van der Waals surface area contributed by atoms with Gasteiger partial charge in [-0.05, 0) is 38.5 Å². The molecule has 1 aromatic rings. The lowest BCUT2D eigenvalue weighted by Crippen LogP contribution is -2.44. The highest BCUT2D eigenvalue weighted by molar-refractivity contribution is 6.08. The Labute approximate surface area is 156 Å². The first-order valence-electron chi connectivity index (χ1n) is 8.34. The molecule has 0 radical (unpaired) electrons. The molecule has 0 bridgehead atoms. The van der Waals surface area contributed by atoms with Crippen molar-refractivity contribution >= 4 is 29.5 Å². The monoisotopic (exact) mass is 372 g/mol. The van der Waals surface area contributed by atoms with Crippen molar-refractivity contribution in [2.75, 3.05) is 11.9 Å². The van der Waals surface area contributed by atoms with Gasteiger partial charge in [-0.25, -0.2) is 4.79 Å². The number of anilines is 1. The van der Waals surface area contributed by atoms with Gasteiger partial charge in [-0.3, -0.25) is 19.3 Å². The highest BCUT2D eigenvalue weighted by atomic mass is 16.5. The fourth-order valence-electron chi connectivity index (χ4n) is 2.46. The Balaban J connectivity index is 1.93. The van der Waals surface area contributed by atoms with E-state index < -0.39 is 42.0 Å². The van der Waals surface area contributed by atoms with Crippen LogP contribution in [0.25, 0.3) is 0 Å². The van der Waals surface area contributed by atoms with Gasteiger partial charge in [-0.2, -0.15) is 5.26 Å². The van der Waals surface area contributed by atoms with E-state index in [4.69, 9.17) is 10.00 Å². The lowest BCUT2D eigenvalue weighted by Gasteiger charge is -2.19. The van der Waals surface area contributed by atoms with Crippen LogP contribution in [-0.4, -0.2) is 46.9 Å². The minimum absolute atomic E-state index is 0.370. The predicted octanol–water partition coefficient (Wildman–Crippen LogP) is 1.15. The molecule has 1 fully saturated rings. The summed E-state index contributed by atoms with van der Waals surface area (Å²) in [4.78, 5) is 49.1. The summed E-state index contributed by atoms with van der Waals surface area (Å²) in [5, 5.41) is 13.9. The van der Waals surface area contributed by atoms with Crippen LogP contribution in [0.1, 0.15) is 32.8 Å². The van der Waals surface area contributed by atoms with Gasteiger partial charge in [0.25, 0.3) is 11.8 Å². The zero-order valence-electron chi connectivity index (χ0n) is 15.2. The van der Waals surface area contributed by atoms with Crippen molar-refractivity contribution in [3.8, 4) is 6.07 Å². The molecular formula is C18H20N4O5. The van der Waals surface area contributed by atoms with E-state index in [-0.39, 0.29) is 0 Å². The number of hydrogen-bond donors (Lipinski definition) is 2. The molecule has 0 aromatic heterocycles. The molecule has 2 rings (SSSR count). The highest BCUT2D eigenvalue weighted by Gasteiger charge is 2.47. The van der Waals surface area contributed by atoms with Crippen LogP contribution >= 0.6 is 0 Å². The Kier molecular flexibility index (Phi) is 5.80. The lowest BCUT2D eigenvalue weighted by atomic mass is 9.99. The van der Waals surface area contributed by atoms with E-state index >= 15 is 0 Å². The number of ether oxygens (including phenoxy) is 1. The molecule has 9 heteroatoms. The van der Waals surface area contributed by atoms with E-state index in [9.17, 15) is 19.2 Å². The number of nitrogens with one attached hydrogen (secondary N) is 2. The third-order valence-electron chi connectivity index (χ3n) is 4.28. The Hall–Kier alpha value is -3.41.